The first-order chi connectivity index (χ1) is 8.65. The van der Waals surface area contributed by atoms with Crippen molar-refractivity contribution in [3.63, 3.8) is 0 Å². The Morgan fingerprint density at radius 2 is 2.00 bits per heavy atom. The highest BCUT2D eigenvalue weighted by atomic mass is 16.3. The SMILES string of the molecule is CCC1CCC(O)C(CN2CCC(C)C2CO)C1. The Hall–Kier alpha value is -0.120. The van der Waals surface area contributed by atoms with E-state index in [1.165, 1.54) is 25.7 Å². The fourth-order valence-corrected chi connectivity index (χ4v) is 3.82. The van der Waals surface area contributed by atoms with Gasteiger partial charge < -0.3 is 10.2 Å². The summed E-state index contributed by atoms with van der Waals surface area (Å²) in [5.74, 6) is 1.81. The van der Waals surface area contributed by atoms with Crippen LogP contribution in [0.3, 0.4) is 0 Å². The van der Waals surface area contributed by atoms with Gasteiger partial charge in [0.1, 0.15) is 0 Å². The Kier molecular flexibility index (Phi) is 5.05. The maximum Gasteiger partial charge on any atom is 0.0589 e. The van der Waals surface area contributed by atoms with Crippen LogP contribution in [-0.4, -0.2) is 47.0 Å². The molecule has 2 aliphatic rings. The molecule has 0 bridgehead atoms. The van der Waals surface area contributed by atoms with E-state index in [1.807, 2.05) is 0 Å². The zero-order valence-electron chi connectivity index (χ0n) is 11.9. The Morgan fingerprint density at radius 3 is 2.67 bits per heavy atom. The minimum atomic E-state index is -0.122. The third-order valence-electron chi connectivity index (χ3n) is 5.28. The lowest BCUT2D eigenvalue weighted by molar-refractivity contribution is 0.0170. The Labute approximate surface area is 111 Å². The largest absolute Gasteiger partial charge is 0.395 e. The summed E-state index contributed by atoms with van der Waals surface area (Å²) < 4.78 is 0. The number of likely N-dealkylation sites (tertiary alicyclic amines) is 1. The van der Waals surface area contributed by atoms with Gasteiger partial charge in [0.15, 0.2) is 0 Å². The first kappa shape index (κ1) is 14.3. The van der Waals surface area contributed by atoms with Crippen LogP contribution in [0.5, 0.6) is 0 Å². The van der Waals surface area contributed by atoms with Gasteiger partial charge >= 0.3 is 0 Å². The van der Waals surface area contributed by atoms with Crippen molar-refractivity contribution in [2.45, 2.75) is 58.1 Å². The molecule has 0 spiro atoms. The van der Waals surface area contributed by atoms with Gasteiger partial charge in [0.25, 0.3) is 0 Å². The molecule has 3 nitrogen and oxygen atoms in total. The van der Waals surface area contributed by atoms with Crippen molar-refractivity contribution in [1.82, 2.24) is 4.90 Å². The van der Waals surface area contributed by atoms with E-state index in [9.17, 15) is 10.2 Å². The number of nitrogens with zero attached hydrogens (tertiary/aromatic N) is 1. The van der Waals surface area contributed by atoms with Gasteiger partial charge in [-0.1, -0.05) is 20.3 Å². The van der Waals surface area contributed by atoms with E-state index in [-0.39, 0.29) is 12.7 Å². The molecular weight excluding hydrogens is 226 g/mol. The average molecular weight is 255 g/mol. The van der Waals surface area contributed by atoms with Crippen LogP contribution in [-0.2, 0) is 0 Å². The summed E-state index contributed by atoms with van der Waals surface area (Å²) in [7, 11) is 0. The second-order valence-corrected chi connectivity index (χ2v) is 6.43. The van der Waals surface area contributed by atoms with Crippen molar-refractivity contribution >= 4 is 0 Å². The van der Waals surface area contributed by atoms with Crippen LogP contribution in [0.15, 0.2) is 0 Å². The zero-order chi connectivity index (χ0) is 13.1. The molecule has 0 aromatic carbocycles. The Bertz CT molecular complexity index is 259. The highest BCUT2D eigenvalue weighted by Crippen LogP contribution is 2.34. The number of rotatable bonds is 4. The van der Waals surface area contributed by atoms with Crippen LogP contribution >= 0.6 is 0 Å². The summed E-state index contributed by atoms with van der Waals surface area (Å²) >= 11 is 0. The summed E-state index contributed by atoms with van der Waals surface area (Å²) in [6.45, 7) is 6.82. The normalized spacial score (nSPS) is 42.3. The molecule has 106 valence electrons. The first-order valence-electron chi connectivity index (χ1n) is 7.68. The molecule has 0 aromatic rings. The van der Waals surface area contributed by atoms with E-state index in [4.69, 9.17) is 0 Å². The van der Waals surface area contributed by atoms with Crippen LogP contribution in [0.25, 0.3) is 0 Å². The standard InChI is InChI=1S/C15H29NO2/c1-3-12-4-5-15(18)13(8-12)9-16-7-6-11(2)14(16)10-17/h11-15,17-18H,3-10H2,1-2H3. The first-order valence-corrected chi connectivity index (χ1v) is 7.68. The molecule has 2 N–H and O–H groups in total. The van der Waals surface area contributed by atoms with Gasteiger partial charge in [0.05, 0.1) is 12.7 Å². The van der Waals surface area contributed by atoms with E-state index in [0.717, 1.165) is 25.4 Å². The van der Waals surface area contributed by atoms with Crippen molar-refractivity contribution in [3.8, 4) is 0 Å². The van der Waals surface area contributed by atoms with Gasteiger partial charge in [-0.25, -0.2) is 0 Å². The van der Waals surface area contributed by atoms with Crippen molar-refractivity contribution in [2.24, 2.45) is 17.8 Å². The molecule has 1 saturated carbocycles. The van der Waals surface area contributed by atoms with Crippen LogP contribution in [0.1, 0.15) is 46.0 Å². The number of hydrogen-bond donors (Lipinski definition) is 2. The lowest BCUT2D eigenvalue weighted by Crippen LogP contribution is -2.43. The van der Waals surface area contributed by atoms with E-state index < -0.39 is 0 Å². The highest BCUT2D eigenvalue weighted by molar-refractivity contribution is 4.88. The van der Waals surface area contributed by atoms with Crippen molar-refractivity contribution in [3.05, 3.63) is 0 Å². The maximum absolute atomic E-state index is 10.2. The van der Waals surface area contributed by atoms with Crippen molar-refractivity contribution < 1.29 is 10.2 Å². The molecule has 1 saturated heterocycles. The zero-order valence-corrected chi connectivity index (χ0v) is 11.9. The van der Waals surface area contributed by atoms with E-state index in [1.54, 1.807) is 0 Å². The highest BCUT2D eigenvalue weighted by Gasteiger charge is 2.35. The van der Waals surface area contributed by atoms with Crippen LogP contribution < -0.4 is 0 Å². The second-order valence-electron chi connectivity index (χ2n) is 6.43. The van der Waals surface area contributed by atoms with Gasteiger partial charge in [0.2, 0.25) is 0 Å². The summed E-state index contributed by atoms with van der Waals surface area (Å²) in [5, 5.41) is 19.7. The molecule has 18 heavy (non-hydrogen) atoms. The number of aliphatic hydroxyl groups excluding tert-OH is 2. The fourth-order valence-electron chi connectivity index (χ4n) is 3.82. The van der Waals surface area contributed by atoms with Gasteiger partial charge in [-0.05, 0) is 50.0 Å². The third-order valence-corrected chi connectivity index (χ3v) is 5.28. The smallest absolute Gasteiger partial charge is 0.0589 e. The van der Waals surface area contributed by atoms with Crippen molar-refractivity contribution in [2.75, 3.05) is 19.7 Å². The molecule has 1 heterocycles. The maximum atomic E-state index is 10.2. The summed E-state index contributed by atoms with van der Waals surface area (Å²) in [5.41, 5.74) is 0. The van der Waals surface area contributed by atoms with E-state index >= 15 is 0 Å². The molecular formula is C15H29NO2. The van der Waals surface area contributed by atoms with Crippen LogP contribution in [0, 0.1) is 17.8 Å². The molecule has 2 rings (SSSR count). The predicted octanol–water partition coefficient (Wildman–Crippen LogP) is 1.88. The lowest BCUT2D eigenvalue weighted by atomic mass is 9.78. The minimum Gasteiger partial charge on any atom is -0.395 e. The number of aliphatic hydroxyl groups is 2. The second kappa shape index (κ2) is 6.36. The summed E-state index contributed by atoms with van der Waals surface area (Å²) in [4.78, 5) is 2.41. The van der Waals surface area contributed by atoms with E-state index in [2.05, 4.69) is 18.7 Å². The fraction of sp³-hybridized carbons (Fsp3) is 1.00. The summed E-state index contributed by atoms with van der Waals surface area (Å²) in [6, 6.07) is 0.319. The third kappa shape index (κ3) is 3.06. The molecule has 0 aromatic heterocycles. The van der Waals surface area contributed by atoms with Crippen LogP contribution in [0.4, 0.5) is 0 Å². The molecule has 0 amide bonds. The van der Waals surface area contributed by atoms with Gasteiger partial charge in [-0.3, -0.25) is 4.90 Å². The Morgan fingerprint density at radius 1 is 1.22 bits per heavy atom. The van der Waals surface area contributed by atoms with Crippen LogP contribution in [0.2, 0.25) is 0 Å². The Balaban J connectivity index is 1.91. The molecule has 1 aliphatic heterocycles. The predicted molar refractivity (Wildman–Crippen MR) is 73.4 cm³/mol. The van der Waals surface area contributed by atoms with E-state index in [0.29, 0.717) is 17.9 Å². The molecule has 3 heteroatoms. The topological polar surface area (TPSA) is 43.7 Å². The monoisotopic (exact) mass is 255 g/mol. The van der Waals surface area contributed by atoms with Gasteiger partial charge in [-0.2, -0.15) is 0 Å². The molecule has 0 radical (unpaired) electrons. The lowest BCUT2D eigenvalue weighted by Gasteiger charge is -2.37. The molecule has 5 atom stereocenters. The van der Waals surface area contributed by atoms with Gasteiger partial charge in [0, 0.05) is 12.6 Å². The molecule has 1 aliphatic carbocycles. The summed E-state index contributed by atoms with van der Waals surface area (Å²) in [6.07, 6.45) is 5.63. The van der Waals surface area contributed by atoms with Crippen molar-refractivity contribution in [1.29, 1.82) is 0 Å². The molecule has 2 fully saturated rings. The quantitative estimate of drug-likeness (QED) is 0.806. The van der Waals surface area contributed by atoms with Gasteiger partial charge in [-0.15, -0.1) is 0 Å². The minimum absolute atomic E-state index is 0.122. The number of hydrogen-bond acceptors (Lipinski definition) is 3. The average Bonchev–Trinajstić information content (AvgIpc) is 2.72. The molecule has 5 unspecified atom stereocenters.